The Labute approximate surface area is 127 Å². The van der Waals surface area contributed by atoms with E-state index in [2.05, 4.69) is 0 Å². The normalized spacial score (nSPS) is 19.8. The van der Waals surface area contributed by atoms with Gasteiger partial charge in [-0.3, -0.25) is 4.79 Å². The number of halogens is 1. The van der Waals surface area contributed by atoms with Gasteiger partial charge in [-0.2, -0.15) is 0 Å². The number of aromatic nitrogens is 1. The summed E-state index contributed by atoms with van der Waals surface area (Å²) in [6, 6.07) is 7.43. The van der Waals surface area contributed by atoms with Gasteiger partial charge in [-0.05, 0) is 12.1 Å². The van der Waals surface area contributed by atoms with Crippen LogP contribution in [0.2, 0.25) is 5.02 Å². The Kier molecular flexibility index (Phi) is 3.89. The number of nitrogens with zero attached hydrogens (tertiary/aromatic N) is 2. The number of β-amino-alcohol motifs (C(OH)–C–C–N with tert-alkyl or cyclic N) is 1. The minimum Gasteiger partial charge on any atom is -0.389 e. The fourth-order valence-electron chi connectivity index (χ4n) is 2.71. The molecule has 0 aliphatic carbocycles. The first-order chi connectivity index (χ1) is 10.1. The largest absolute Gasteiger partial charge is 0.389 e. The van der Waals surface area contributed by atoms with Gasteiger partial charge in [0, 0.05) is 25.5 Å². The third kappa shape index (κ3) is 2.64. The van der Waals surface area contributed by atoms with Gasteiger partial charge in [-0.1, -0.05) is 23.7 Å². The molecule has 1 amide bonds. The molecule has 5 nitrogen and oxygen atoms in total. The Morgan fingerprint density at radius 1 is 1.48 bits per heavy atom. The molecular weight excluding hydrogens is 292 g/mol. The zero-order valence-electron chi connectivity index (χ0n) is 11.8. The molecule has 0 bridgehead atoms. The van der Waals surface area contributed by atoms with E-state index in [1.165, 1.54) is 0 Å². The molecule has 0 spiro atoms. The van der Waals surface area contributed by atoms with E-state index in [4.69, 9.17) is 16.3 Å². The molecule has 1 atom stereocenters. The lowest BCUT2D eigenvalue weighted by Gasteiger charge is -2.21. The summed E-state index contributed by atoms with van der Waals surface area (Å²) in [5.41, 5.74) is 1.40. The van der Waals surface area contributed by atoms with Gasteiger partial charge in [0.05, 0.1) is 29.9 Å². The first kappa shape index (κ1) is 14.4. The van der Waals surface area contributed by atoms with E-state index < -0.39 is 6.10 Å². The van der Waals surface area contributed by atoms with Crippen LogP contribution in [0.3, 0.4) is 0 Å². The van der Waals surface area contributed by atoms with Gasteiger partial charge in [0.1, 0.15) is 5.69 Å². The Hall–Kier alpha value is -1.56. The zero-order chi connectivity index (χ0) is 15.0. The Balaban J connectivity index is 1.98. The standard InChI is InChI=1S/C15H17ClN2O3/c1-17-13(7-10-3-2-4-12(16)14(10)17)15(20)18-5-6-21-9-11(19)8-18/h2-4,7,11,19H,5-6,8-9H2,1H3/t11-/m1/s1. The average molecular weight is 309 g/mol. The van der Waals surface area contributed by atoms with Gasteiger partial charge in [-0.25, -0.2) is 0 Å². The van der Waals surface area contributed by atoms with Gasteiger partial charge in [0.15, 0.2) is 0 Å². The minimum absolute atomic E-state index is 0.116. The summed E-state index contributed by atoms with van der Waals surface area (Å²) in [6.07, 6.45) is -0.644. The number of carbonyl (C=O) groups is 1. The Morgan fingerprint density at radius 3 is 3.05 bits per heavy atom. The number of aliphatic hydroxyl groups is 1. The second-order valence-corrected chi connectivity index (χ2v) is 5.65. The molecule has 1 aromatic carbocycles. The molecule has 1 N–H and O–H groups in total. The van der Waals surface area contributed by atoms with E-state index >= 15 is 0 Å². The number of hydrogen-bond acceptors (Lipinski definition) is 3. The molecule has 1 aromatic heterocycles. The van der Waals surface area contributed by atoms with E-state index in [1.807, 2.05) is 31.3 Å². The maximum atomic E-state index is 12.7. The number of aliphatic hydroxyl groups excluding tert-OH is 1. The fraction of sp³-hybridized carbons (Fsp3) is 0.400. The molecule has 2 heterocycles. The first-order valence-electron chi connectivity index (χ1n) is 6.87. The van der Waals surface area contributed by atoms with Crippen LogP contribution in [0.5, 0.6) is 0 Å². The molecule has 0 unspecified atom stereocenters. The number of rotatable bonds is 1. The van der Waals surface area contributed by atoms with Crippen LogP contribution in [0, 0.1) is 0 Å². The predicted molar refractivity (Wildman–Crippen MR) is 80.7 cm³/mol. The number of hydrogen-bond donors (Lipinski definition) is 1. The zero-order valence-corrected chi connectivity index (χ0v) is 12.5. The van der Waals surface area contributed by atoms with E-state index in [-0.39, 0.29) is 19.1 Å². The summed E-state index contributed by atoms with van der Waals surface area (Å²) >= 11 is 6.21. The summed E-state index contributed by atoms with van der Waals surface area (Å²) in [5.74, 6) is -0.116. The number of ether oxygens (including phenoxy) is 1. The van der Waals surface area contributed by atoms with Crippen molar-refractivity contribution in [1.29, 1.82) is 0 Å². The quantitative estimate of drug-likeness (QED) is 0.872. The van der Waals surface area contributed by atoms with Gasteiger partial charge in [0.2, 0.25) is 0 Å². The number of amides is 1. The van der Waals surface area contributed by atoms with Crippen molar-refractivity contribution in [3.63, 3.8) is 0 Å². The SMILES string of the molecule is Cn1c(C(=O)N2CCOC[C@H](O)C2)cc2cccc(Cl)c21. The molecule has 1 fully saturated rings. The smallest absolute Gasteiger partial charge is 0.270 e. The van der Waals surface area contributed by atoms with Crippen LogP contribution in [-0.4, -0.2) is 52.9 Å². The van der Waals surface area contributed by atoms with Gasteiger partial charge in [-0.15, -0.1) is 0 Å². The van der Waals surface area contributed by atoms with Crippen LogP contribution < -0.4 is 0 Å². The predicted octanol–water partition coefficient (Wildman–Crippen LogP) is 1.66. The number of aryl methyl sites for hydroxylation is 1. The van der Waals surface area contributed by atoms with Crippen LogP contribution in [0.4, 0.5) is 0 Å². The van der Waals surface area contributed by atoms with Crippen molar-refractivity contribution >= 4 is 28.4 Å². The van der Waals surface area contributed by atoms with Crippen molar-refractivity contribution in [2.75, 3.05) is 26.3 Å². The summed E-state index contributed by atoms with van der Waals surface area (Å²) in [6.45, 7) is 1.47. The van der Waals surface area contributed by atoms with Crippen molar-refractivity contribution in [3.05, 3.63) is 35.0 Å². The van der Waals surface area contributed by atoms with Crippen LogP contribution in [0.1, 0.15) is 10.5 Å². The van der Waals surface area contributed by atoms with E-state index in [0.29, 0.717) is 23.9 Å². The molecule has 1 aliphatic heterocycles. The lowest BCUT2D eigenvalue weighted by molar-refractivity contribution is 0.0532. The number of para-hydroxylation sites is 1. The highest BCUT2D eigenvalue weighted by atomic mass is 35.5. The van der Waals surface area contributed by atoms with Gasteiger partial charge >= 0.3 is 0 Å². The maximum Gasteiger partial charge on any atom is 0.270 e. The molecular formula is C15H17ClN2O3. The Morgan fingerprint density at radius 2 is 2.29 bits per heavy atom. The molecule has 3 rings (SSSR count). The average Bonchev–Trinajstić information content (AvgIpc) is 2.65. The molecule has 0 saturated carbocycles. The first-order valence-corrected chi connectivity index (χ1v) is 7.24. The lowest BCUT2D eigenvalue weighted by atomic mass is 10.2. The molecule has 112 valence electrons. The molecule has 1 aliphatic rings. The number of carbonyl (C=O) groups excluding carboxylic acids is 1. The van der Waals surface area contributed by atoms with Gasteiger partial charge < -0.3 is 19.3 Å². The third-order valence-corrected chi connectivity index (χ3v) is 4.07. The highest BCUT2D eigenvalue weighted by molar-refractivity contribution is 6.35. The molecule has 0 radical (unpaired) electrons. The van der Waals surface area contributed by atoms with Crippen LogP contribution in [0.15, 0.2) is 24.3 Å². The summed E-state index contributed by atoms with van der Waals surface area (Å²) < 4.78 is 7.06. The number of benzene rings is 1. The molecule has 6 heteroatoms. The Bertz CT molecular complexity index is 683. The van der Waals surface area contributed by atoms with Crippen molar-refractivity contribution in [3.8, 4) is 0 Å². The van der Waals surface area contributed by atoms with Crippen molar-refractivity contribution in [1.82, 2.24) is 9.47 Å². The van der Waals surface area contributed by atoms with Crippen molar-refractivity contribution in [2.24, 2.45) is 7.05 Å². The fourth-order valence-corrected chi connectivity index (χ4v) is 3.02. The molecule has 21 heavy (non-hydrogen) atoms. The molecule has 1 saturated heterocycles. The topological polar surface area (TPSA) is 54.7 Å². The maximum absolute atomic E-state index is 12.7. The lowest BCUT2D eigenvalue weighted by Crippen LogP contribution is -2.38. The minimum atomic E-state index is -0.644. The van der Waals surface area contributed by atoms with Crippen LogP contribution in [0.25, 0.3) is 10.9 Å². The highest BCUT2D eigenvalue weighted by Gasteiger charge is 2.24. The monoisotopic (exact) mass is 308 g/mol. The van der Waals surface area contributed by atoms with Crippen LogP contribution >= 0.6 is 11.6 Å². The van der Waals surface area contributed by atoms with Gasteiger partial charge in [0.25, 0.3) is 5.91 Å². The summed E-state index contributed by atoms with van der Waals surface area (Å²) in [7, 11) is 1.83. The summed E-state index contributed by atoms with van der Waals surface area (Å²) in [5, 5.41) is 11.3. The van der Waals surface area contributed by atoms with E-state index in [0.717, 1.165) is 10.9 Å². The van der Waals surface area contributed by atoms with Crippen molar-refractivity contribution < 1.29 is 14.6 Å². The van der Waals surface area contributed by atoms with E-state index in [1.54, 1.807) is 9.47 Å². The summed E-state index contributed by atoms with van der Waals surface area (Å²) in [4.78, 5) is 14.3. The van der Waals surface area contributed by atoms with Crippen molar-refractivity contribution in [2.45, 2.75) is 6.10 Å². The third-order valence-electron chi connectivity index (χ3n) is 3.76. The number of fused-ring (bicyclic) bond motifs is 1. The van der Waals surface area contributed by atoms with Crippen LogP contribution in [-0.2, 0) is 11.8 Å². The molecule has 2 aromatic rings. The van der Waals surface area contributed by atoms with E-state index in [9.17, 15) is 9.90 Å². The highest BCUT2D eigenvalue weighted by Crippen LogP contribution is 2.26. The second-order valence-electron chi connectivity index (χ2n) is 5.25. The second kappa shape index (κ2) is 5.67.